The van der Waals surface area contributed by atoms with E-state index in [0.717, 1.165) is 5.56 Å². The van der Waals surface area contributed by atoms with Crippen molar-refractivity contribution in [3.8, 4) is 11.8 Å². The van der Waals surface area contributed by atoms with Crippen LogP contribution >= 0.6 is 0 Å². The molecule has 2 aromatic rings. The molecule has 0 unspecified atom stereocenters. The molecule has 0 fully saturated rings. The Balaban J connectivity index is 2.40. The third kappa shape index (κ3) is 5.06. The van der Waals surface area contributed by atoms with Crippen LogP contribution in [0.4, 0.5) is 0 Å². The van der Waals surface area contributed by atoms with Gasteiger partial charge < -0.3 is 19.8 Å². The lowest BCUT2D eigenvalue weighted by molar-refractivity contribution is -0.624. The van der Waals surface area contributed by atoms with Crippen molar-refractivity contribution in [3.63, 3.8) is 0 Å². The number of rotatable bonds is 8. The maximum absolute atomic E-state index is 12.8. The van der Waals surface area contributed by atoms with Gasteiger partial charge in [0.05, 0.1) is 12.7 Å². The molecule has 0 spiro atoms. The van der Waals surface area contributed by atoms with Crippen LogP contribution in [0.1, 0.15) is 44.6 Å². The fourth-order valence-corrected chi connectivity index (χ4v) is 2.40. The molecule has 0 amide bonds. The molecule has 0 aliphatic heterocycles. The molecule has 0 saturated heterocycles. The molecule has 0 aliphatic carbocycles. The molecular formula is C19H26N2O4. The summed E-state index contributed by atoms with van der Waals surface area (Å²) in [5.74, 6) is 0.529. The minimum Gasteiger partial charge on any atom is -0.616 e. The van der Waals surface area contributed by atoms with Crippen molar-refractivity contribution in [3.05, 3.63) is 52.5 Å². The Hall–Kier alpha value is -2.34. The second kappa shape index (κ2) is 8.67. The zero-order chi connectivity index (χ0) is 18.4. The number of ether oxygens (including phenoxy) is 2. The van der Waals surface area contributed by atoms with E-state index in [4.69, 9.17) is 9.47 Å². The minimum absolute atomic E-state index is 0.0419. The van der Waals surface area contributed by atoms with Gasteiger partial charge in [0.15, 0.2) is 5.69 Å². The van der Waals surface area contributed by atoms with Crippen LogP contribution in [0.3, 0.4) is 0 Å². The van der Waals surface area contributed by atoms with E-state index in [1.807, 2.05) is 58.0 Å². The van der Waals surface area contributed by atoms with Gasteiger partial charge in [-0.1, -0.05) is 44.2 Å². The standard InChI is InChI=1S/C19H26N2O4/c1-13(2)10-17-18(24-12-15-8-6-5-7-9-15)20-16(11-22)19(21(17)23)25-14(3)4/h5-9,13-14,22H,10-12H2,1-4H3. The molecule has 6 heteroatoms. The highest BCUT2D eigenvalue weighted by atomic mass is 16.6. The van der Waals surface area contributed by atoms with Crippen molar-refractivity contribution in [2.45, 2.75) is 53.4 Å². The van der Waals surface area contributed by atoms with Crippen molar-refractivity contribution in [2.24, 2.45) is 5.92 Å². The number of aromatic nitrogens is 2. The highest BCUT2D eigenvalue weighted by molar-refractivity contribution is 5.24. The topological polar surface area (TPSA) is 78.5 Å². The molecule has 1 heterocycles. The van der Waals surface area contributed by atoms with Crippen molar-refractivity contribution in [1.82, 2.24) is 4.98 Å². The molecule has 0 radical (unpaired) electrons. The average molecular weight is 346 g/mol. The van der Waals surface area contributed by atoms with E-state index in [2.05, 4.69) is 4.98 Å². The lowest BCUT2D eigenvalue weighted by Crippen LogP contribution is -2.38. The van der Waals surface area contributed by atoms with E-state index in [-0.39, 0.29) is 29.5 Å². The number of aliphatic hydroxyl groups excluding tert-OH is 1. The molecule has 1 aromatic carbocycles. The van der Waals surface area contributed by atoms with Crippen LogP contribution in [0.25, 0.3) is 0 Å². The van der Waals surface area contributed by atoms with Gasteiger partial charge in [0.1, 0.15) is 6.61 Å². The summed E-state index contributed by atoms with van der Waals surface area (Å²) in [7, 11) is 0. The third-order valence-corrected chi connectivity index (χ3v) is 3.48. The Morgan fingerprint density at radius 2 is 1.84 bits per heavy atom. The van der Waals surface area contributed by atoms with Gasteiger partial charge in [-0.05, 0) is 25.3 Å². The predicted octanol–water partition coefficient (Wildman–Crippen LogP) is 2.77. The van der Waals surface area contributed by atoms with Gasteiger partial charge in [0.2, 0.25) is 0 Å². The van der Waals surface area contributed by atoms with Gasteiger partial charge in [-0.3, -0.25) is 0 Å². The smallest absolute Gasteiger partial charge is 0.404 e. The zero-order valence-electron chi connectivity index (χ0n) is 15.2. The molecule has 0 atom stereocenters. The number of benzene rings is 1. The molecule has 1 N–H and O–H groups in total. The Bertz CT molecular complexity index is 688. The summed E-state index contributed by atoms with van der Waals surface area (Å²) in [6, 6.07) is 9.66. The molecule has 0 bridgehead atoms. The highest BCUT2D eigenvalue weighted by Gasteiger charge is 2.27. The number of aliphatic hydroxyl groups is 1. The van der Waals surface area contributed by atoms with E-state index < -0.39 is 6.61 Å². The summed E-state index contributed by atoms with van der Waals surface area (Å²) >= 11 is 0. The molecule has 25 heavy (non-hydrogen) atoms. The normalized spacial score (nSPS) is 11.2. The van der Waals surface area contributed by atoms with E-state index >= 15 is 0 Å². The Labute approximate surface area is 148 Å². The minimum atomic E-state index is -0.395. The molecule has 2 rings (SSSR count). The van der Waals surface area contributed by atoms with E-state index in [9.17, 15) is 10.3 Å². The van der Waals surface area contributed by atoms with Gasteiger partial charge in [-0.2, -0.15) is 4.98 Å². The Morgan fingerprint density at radius 3 is 2.40 bits per heavy atom. The summed E-state index contributed by atoms with van der Waals surface area (Å²) in [6.07, 6.45) is 0.302. The first-order valence-electron chi connectivity index (χ1n) is 8.51. The summed E-state index contributed by atoms with van der Waals surface area (Å²) in [6.45, 7) is 7.59. The lowest BCUT2D eigenvalue weighted by atomic mass is 10.1. The maximum Gasteiger partial charge on any atom is 0.404 e. The van der Waals surface area contributed by atoms with Crippen molar-refractivity contribution in [1.29, 1.82) is 0 Å². The summed E-state index contributed by atoms with van der Waals surface area (Å²) in [5, 5.41) is 22.4. The SMILES string of the molecule is CC(C)Cc1c(OCc2ccccc2)nc(CO)c(OC(C)C)[n+]1[O-]. The summed E-state index contributed by atoms with van der Waals surface area (Å²) in [4.78, 5) is 4.36. The second-order valence-corrected chi connectivity index (χ2v) is 6.61. The second-order valence-electron chi connectivity index (χ2n) is 6.61. The predicted molar refractivity (Wildman–Crippen MR) is 94.2 cm³/mol. The van der Waals surface area contributed by atoms with Crippen molar-refractivity contribution >= 4 is 0 Å². The summed E-state index contributed by atoms with van der Waals surface area (Å²) in [5.41, 5.74) is 1.57. The lowest BCUT2D eigenvalue weighted by Gasteiger charge is -2.17. The Kier molecular flexibility index (Phi) is 6.58. The first-order valence-corrected chi connectivity index (χ1v) is 8.51. The molecule has 136 valence electrons. The quantitative estimate of drug-likeness (QED) is 0.587. The monoisotopic (exact) mass is 346 g/mol. The van der Waals surface area contributed by atoms with Gasteiger partial charge in [0.25, 0.3) is 11.6 Å². The Morgan fingerprint density at radius 1 is 1.16 bits per heavy atom. The highest BCUT2D eigenvalue weighted by Crippen LogP contribution is 2.23. The first-order chi connectivity index (χ1) is 11.9. The van der Waals surface area contributed by atoms with Gasteiger partial charge in [0, 0.05) is 6.42 Å². The van der Waals surface area contributed by atoms with E-state index in [1.54, 1.807) is 0 Å². The van der Waals surface area contributed by atoms with Crippen LogP contribution in [0.15, 0.2) is 30.3 Å². The van der Waals surface area contributed by atoms with Crippen molar-refractivity contribution < 1.29 is 19.3 Å². The number of hydrogen-bond donors (Lipinski definition) is 1. The van der Waals surface area contributed by atoms with Crippen LogP contribution in [0.2, 0.25) is 0 Å². The number of hydrogen-bond acceptors (Lipinski definition) is 5. The van der Waals surface area contributed by atoms with Crippen LogP contribution in [-0.4, -0.2) is 16.2 Å². The number of nitrogens with zero attached hydrogens (tertiary/aromatic N) is 2. The van der Waals surface area contributed by atoms with Gasteiger partial charge in [-0.15, -0.1) is 4.73 Å². The molecule has 6 nitrogen and oxygen atoms in total. The zero-order valence-corrected chi connectivity index (χ0v) is 15.2. The van der Waals surface area contributed by atoms with E-state index in [1.165, 1.54) is 0 Å². The first kappa shape index (κ1) is 19.0. The average Bonchev–Trinajstić information content (AvgIpc) is 2.58. The maximum atomic E-state index is 12.8. The summed E-state index contributed by atoms with van der Waals surface area (Å²) < 4.78 is 12.1. The fourth-order valence-electron chi connectivity index (χ4n) is 2.40. The largest absolute Gasteiger partial charge is 0.616 e. The van der Waals surface area contributed by atoms with E-state index in [0.29, 0.717) is 23.5 Å². The van der Waals surface area contributed by atoms with Crippen LogP contribution in [0, 0.1) is 11.1 Å². The molecule has 0 saturated carbocycles. The third-order valence-electron chi connectivity index (χ3n) is 3.48. The van der Waals surface area contributed by atoms with Crippen LogP contribution in [-0.2, 0) is 19.6 Å². The van der Waals surface area contributed by atoms with Gasteiger partial charge in [-0.25, -0.2) is 0 Å². The van der Waals surface area contributed by atoms with Crippen LogP contribution in [0.5, 0.6) is 11.8 Å². The van der Waals surface area contributed by atoms with Crippen molar-refractivity contribution in [2.75, 3.05) is 0 Å². The van der Waals surface area contributed by atoms with Gasteiger partial charge >= 0.3 is 5.88 Å². The molecule has 1 aromatic heterocycles. The fraction of sp³-hybridized carbons (Fsp3) is 0.474. The van der Waals surface area contributed by atoms with Crippen LogP contribution < -0.4 is 14.2 Å². The molecule has 0 aliphatic rings. The molecular weight excluding hydrogens is 320 g/mol.